The van der Waals surface area contributed by atoms with Crippen LogP contribution < -0.4 is 0 Å². The number of aliphatic carboxylic acids is 1. The van der Waals surface area contributed by atoms with E-state index < -0.39 is 11.4 Å². The summed E-state index contributed by atoms with van der Waals surface area (Å²) in [6.45, 7) is 8.18. The van der Waals surface area contributed by atoms with Crippen molar-refractivity contribution in [1.82, 2.24) is 0 Å². The average molecular weight is 316 g/mol. The van der Waals surface area contributed by atoms with E-state index in [1.807, 2.05) is 13.0 Å². The number of furan rings is 1. The highest BCUT2D eigenvalue weighted by Gasteiger charge is 2.44. The van der Waals surface area contributed by atoms with Gasteiger partial charge in [-0.15, -0.1) is 0 Å². The van der Waals surface area contributed by atoms with Crippen molar-refractivity contribution in [2.45, 2.75) is 58.8 Å². The lowest BCUT2D eigenvalue weighted by Gasteiger charge is -2.39. The number of rotatable bonds is 7. The number of carbonyl (C=O) groups is 1. The summed E-state index contributed by atoms with van der Waals surface area (Å²) in [4.78, 5) is 11.7. The van der Waals surface area contributed by atoms with Crippen LogP contribution in [0.4, 0.5) is 0 Å². The molecule has 23 heavy (non-hydrogen) atoms. The average Bonchev–Trinajstić information content (AvgIpc) is 3.00. The molecule has 0 bridgehead atoms. The van der Waals surface area contributed by atoms with Gasteiger partial charge in [-0.05, 0) is 76.3 Å². The highest BCUT2D eigenvalue weighted by Crippen LogP contribution is 2.46. The Labute approximate surface area is 139 Å². The van der Waals surface area contributed by atoms with Crippen molar-refractivity contribution in [1.29, 1.82) is 0 Å². The minimum Gasteiger partial charge on any atom is -0.481 e. The van der Waals surface area contributed by atoms with E-state index in [1.165, 1.54) is 11.1 Å². The van der Waals surface area contributed by atoms with Gasteiger partial charge in [0.05, 0.1) is 17.9 Å². The monoisotopic (exact) mass is 316 g/mol. The molecular weight excluding hydrogens is 288 g/mol. The van der Waals surface area contributed by atoms with Gasteiger partial charge in [-0.3, -0.25) is 4.79 Å². The van der Waals surface area contributed by atoms with Gasteiger partial charge in [-0.2, -0.15) is 0 Å². The molecule has 3 heteroatoms. The zero-order chi connectivity index (χ0) is 16.9. The second-order valence-corrected chi connectivity index (χ2v) is 7.05. The molecule has 0 saturated heterocycles. The number of carboxylic acid groups (broad SMARTS) is 1. The lowest BCUT2D eigenvalue weighted by atomic mass is 9.64. The van der Waals surface area contributed by atoms with Gasteiger partial charge in [0.15, 0.2) is 0 Å². The van der Waals surface area contributed by atoms with Crippen LogP contribution in [0.25, 0.3) is 0 Å². The Balaban J connectivity index is 1.89. The van der Waals surface area contributed by atoms with Gasteiger partial charge < -0.3 is 9.52 Å². The number of carboxylic acids is 1. The van der Waals surface area contributed by atoms with Crippen molar-refractivity contribution >= 4 is 5.97 Å². The van der Waals surface area contributed by atoms with Crippen molar-refractivity contribution in [2.24, 2.45) is 11.3 Å². The lowest BCUT2D eigenvalue weighted by molar-refractivity contribution is -0.152. The molecule has 1 saturated carbocycles. The molecular formula is C20H28O3. The molecule has 3 nitrogen and oxygen atoms in total. The van der Waals surface area contributed by atoms with Crippen LogP contribution in [0, 0.1) is 11.3 Å². The molecule has 0 spiro atoms. The molecule has 0 radical (unpaired) electrons. The van der Waals surface area contributed by atoms with Gasteiger partial charge in [0, 0.05) is 0 Å². The minimum atomic E-state index is -0.676. The third-order valence-electron chi connectivity index (χ3n) is 5.28. The Bertz CT molecular complexity index is 568. The maximum absolute atomic E-state index is 11.7. The van der Waals surface area contributed by atoms with Crippen molar-refractivity contribution in [3.05, 3.63) is 48.0 Å². The lowest BCUT2D eigenvalue weighted by Crippen LogP contribution is -2.39. The molecule has 1 aliphatic rings. The molecule has 1 N–H and O–H groups in total. The molecule has 0 aliphatic heterocycles. The first kappa shape index (κ1) is 17.6. The molecule has 0 unspecified atom stereocenters. The van der Waals surface area contributed by atoms with Crippen LogP contribution in [0.2, 0.25) is 0 Å². The Morgan fingerprint density at radius 2 is 2.35 bits per heavy atom. The maximum Gasteiger partial charge on any atom is 0.309 e. The van der Waals surface area contributed by atoms with Gasteiger partial charge in [0.25, 0.3) is 0 Å². The normalized spacial score (nSPS) is 25.6. The molecule has 126 valence electrons. The van der Waals surface area contributed by atoms with E-state index in [1.54, 1.807) is 12.5 Å². The van der Waals surface area contributed by atoms with Crippen LogP contribution in [0.3, 0.4) is 0 Å². The van der Waals surface area contributed by atoms with Crippen LogP contribution in [0.1, 0.15) is 57.9 Å². The third kappa shape index (κ3) is 4.37. The van der Waals surface area contributed by atoms with E-state index >= 15 is 0 Å². The Hall–Kier alpha value is -1.77. The summed E-state index contributed by atoms with van der Waals surface area (Å²) < 4.78 is 5.07. The number of hydrogen-bond acceptors (Lipinski definition) is 2. The van der Waals surface area contributed by atoms with Gasteiger partial charge in [-0.25, -0.2) is 0 Å². The summed E-state index contributed by atoms with van der Waals surface area (Å²) in [6, 6.07) is 1.99. The minimum absolute atomic E-state index is 0.0889. The van der Waals surface area contributed by atoms with Crippen LogP contribution in [0.15, 0.2) is 46.8 Å². The van der Waals surface area contributed by atoms with Crippen molar-refractivity contribution in [3.63, 3.8) is 0 Å². The summed E-state index contributed by atoms with van der Waals surface area (Å²) in [5.41, 5.74) is 3.02. The Kier molecular flexibility index (Phi) is 5.86. The van der Waals surface area contributed by atoms with Crippen LogP contribution in [-0.2, 0) is 11.2 Å². The SMILES string of the molecule is C=C1CCC[C@@](C)(C(=O)O)[C@@H]1CC/C(C)=C/CCc1ccoc1. The maximum atomic E-state index is 11.7. The molecule has 0 aromatic carbocycles. The van der Waals surface area contributed by atoms with Gasteiger partial charge in [0.2, 0.25) is 0 Å². The molecule has 0 amide bonds. The Morgan fingerprint density at radius 3 is 3.00 bits per heavy atom. The zero-order valence-corrected chi connectivity index (χ0v) is 14.3. The summed E-state index contributed by atoms with van der Waals surface area (Å²) in [5.74, 6) is -0.587. The largest absolute Gasteiger partial charge is 0.481 e. The number of allylic oxidation sites excluding steroid dienone is 3. The predicted molar refractivity (Wildman–Crippen MR) is 92.2 cm³/mol. The number of aryl methyl sites for hydroxylation is 1. The van der Waals surface area contributed by atoms with Crippen molar-refractivity contribution in [2.75, 3.05) is 0 Å². The second-order valence-electron chi connectivity index (χ2n) is 7.05. The standard InChI is InChI=1S/C20H28O3/c1-15(6-4-8-17-11-13-23-14-17)9-10-18-16(2)7-5-12-20(18,3)19(21)22/h6,11,13-14,18H,2,4-5,7-10,12H2,1,3H3,(H,21,22)/b15-6+/t18-,20-/m1/s1. The van der Waals surface area contributed by atoms with Crippen LogP contribution in [0.5, 0.6) is 0 Å². The van der Waals surface area contributed by atoms with Crippen molar-refractivity contribution < 1.29 is 14.3 Å². The molecule has 2 rings (SSSR count). The fourth-order valence-electron chi connectivity index (χ4n) is 3.65. The topological polar surface area (TPSA) is 50.4 Å². The first-order chi connectivity index (χ1) is 10.9. The van der Waals surface area contributed by atoms with E-state index in [-0.39, 0.29) is 5.92 Å². The van der Waals surface area contributed by atoms with E-state index in [9.17, 15) is 9.90 Å². The van der Waals surface area contributed by atoms with Crippen molar-refractivity contribution in [3.8, 4) is 0 Å². The van der Waals surface area contributed by atoms with Crippen LogP contribution >= 0.6 is 0 Å². The fraction of sp³-hybridized carbons (Fsp3) is 0.550. The van der Waals surface area contributed by atoms with E-state index in [2.05, 4.69) is 19.6 Å². The number of hydrogen-bond donors (Lipinski definition) is 1. The summed E-state index contributed by atoms with van der Waals surface area (Å²) >= 11 is 0. The predicted octanol–water partition coefficient (Wildman–Crippen LogP) is 5.39. The van der Waals surface area contributed by atoms with Gasteiger partial charge >= 0.3 is 5.97 Å². The van der Waals surface area contributed by atoms with Gasteiger partial charge in [-0.1, -0.05) is 23.8 Å². The van der Waals surface area contributed by atoms with E-state index in [4.69, 9.17) is 4.42 Å². The summed E-state index contributed by atoms with van der Waals surface area (Å²) in [7, 11) is 0. The molecule has 1 heterocycles. The molecule has 1 fully saturated rings. The van der Waals surface area contributed by atoms with Crippen LogP contribution in [-0.4, -0.2) is 11.1 Å². The first-order valence-electron chi connectivity index (χ1n) is 8.51. The summed E-state index contributed by atoms with van der Waals surface area (Å²) in [6.07, 6.45) is 12.2. The molecule has 1 aromatic heterocycles. The van der Waals surface area contributed by atoms with E-state index in [0.717, 1.165) is 50.5 Å². The summed E-state index contributed by atoms with van der Waals surface area (Å²) in [5, 5.41) is 9.63. The smallest absolute Gasteiger partial charge is 0.309 e. The Morgan fingerprint density at radius 1 is 1.57 bits per heavy atom. The first-order valence-corrected chi connectivity index (χ1v) is 8.51. The molecule has 1 aromatic rings. The molecule has 1 aliphatic carbocycles. The van der Waals surface area contributed by atoms with E-state index in [0.29, 0.717) is 0 Å². The highest BCUT2D eigenvalue weighted by molar-refractivity contribution is 5.75. The third-order valence-corrected chi connectivity index (χ3v) is 5.28. The molecule has 2 atom stereocenters. The fourth-order valence-corrected chi connectivity index (χ4v) is 3.65. The zero-order valence-electron chi connectivity index (χ0n) is 14.3. The highest BCUT2D eigenvalue weighted by atomic mass is 16.4. The second kappa shape index (κ2) is 7.67. The van der Waals surface area contributed by atoms with Gasteiger partial charge in [0.1, 0.15) is 0 Å². The quantitative estimate of drug-likeness (QED) is 0.686.